The van der Waals surface area contributed by atoms with Crippen molar-refractivity contribution < 1.29 is 33.1 Å². The van der Waals surface area contributed by atoms with Crippen molar-refractivity contribution in [1.29, 1.82) is 0 Å². The second-order valence-corrected chi connectivity index (χ2v) is 20.2. The fraction of sp³-hybridized carbons (Fsp3) is 0.431. The molecule has 8 rings (SSSR count). The van der Waals surface area contributed by atoms with E-state index in [1.807, 2.05) is 111 Å². The Hall–Kier alpha value is -5.94. The number of amides is 1. The second kappa shape index (κ2) is 20.5. The molecule has 1 amide bonds. The largest absolute Gasteiger partial charge is 0.493 e. The molecule has 356 valence electrons. The number of carbonyl (C=O) groups is 2. The van der Waals surface area contributed by atoms with Crippen molar-refractivity contribution in [1.82, 2.24) is 32.8 Å². The summed E-state index contributed by atoms with van der Waals surface area (Å²) in [5.41, 5.74) is 5.87. The number of rotatable bonds is 16. The average molecular weight is 933 g/mol. The number of nitrogens with zero attached hydrogens (tertiary/aromatic N) is 8. The Morgan fingerprint density at radius 3 is 2.21 bits per heavy atom. The minimum absolute atomic E-state index is 0.240. The molecule has 15 nitrogen and oxygen atoms in total. The van der Waals surface area contributed by atoms with Gasteiger partial charge >= 0.3 is 12.1 Å². The molecule has 0 spiro atoms. The molecule has 6 aromatic rings. The maximum Gasteiger partial charge on any atom is 0.410 e. The Morgan fingerprint density at radius 2 is 1.51 bits per heavy atom. The van der Waals surface area contributed by atoms with Crippen molar-refractivity contribution in [3.05, 3.63) is 108 Å². The Kier molecular flexibility index (Phi) is 14.6. The first kappa shape index (κ1) is 47.5. The molecular weight excluding hydrogens is 869 g/mol. The van der Waals surface area contributed by atoms with E-state index in [4.69, 9.17) is 19.3 Å². The quantitative estimate of drug-likeness (QED) is 0.0967. The summed E-state index contributed by atoms with van der Waals surface area (Å²) in [7, 11) is 5.58. The molecule has 0 bridgehead atoms. The predicted molar refractivity (Wildman–Crippen MR) is 264 cm³/mol. The molecule has 1 N–H and O–H groups in total. The smallest absolute Gasteiger partial charge is 0.410 e. The highest BCUT2D eigenvalue weighted by molar-refractivity contribution is 7.80. The summed E-state index contributed by atoms with van der Waals surface area (Å²) in [6.07, 6.45) is 0.790. The van der Waals surface area contributed by atoms with Crippen molar-refractivity contribution in [2.45, 2.75) is 59.3 Å². The third-order valence-corrected chi connectivity index (χ3v) is 14.0. The van der Waals surface area contributed by atoms with Crippen LogP contribution in [0.3, 0.4) is 0 Å². The maximum absolute atomic E-state index is 13.6. The molecule has 2 saturated heterocycles. The van der Waals surface area contributed by atoms with E-state index in [-0.39, 0.29) is 18.4 Å². The van der Waals surface area contributed by atoms with E-state index < -0.39 is 22.7 Å². The fourth-order valence-electron chi connectivity index (χ4n) is 9.34. The van der Waals surface area contributed by atoms with Crippen molar-refractivity contribution in [3.63, 3.8) is 0 Å². The van der Waals surface area contributed by atoms with Crippen molar-refractivity contribution in [2.24, 2.45) is 7.05 Å². The number of piperazine rings is 2. The number of hydrogen-bond donors (Lipinski definition) is 1. The zero-order valence-corrected chi connectivity index (χ0v) is 40.7. The Balaban J connectivity index is 1.06. The first-order valence-electron chi connectivity index (χ1n) is 23.2. The molecule has 1 atom stereocenters. The fourth-order valence-corrected chi connectivity index (χ4v) is 10.3. The van der Waals surface area contributed by atoms with Crippen molar-refractivity contribution >= 4 is 50.6 Å². The zero-order valence-electron chi connectivity index (χ0n) is 39.9. The molecule has 16 heteroatoms. The van der Waals surface area contributed by atoms with Gasteiger partial charge in [0.2, 0.25) is 0 Å². The van der Waals surface area contributed by atoms with Gasteiger partial charge in [-0.3, -0.25) is 9.58 Å². The highest BCUT2D eigenvalue weighted by Crippen LogP contribution is 2.39. The number of benzene rings is 4. The van der Waals surface area contributed by atoms with E-state index in [1.165, 1.54) is 0 Å². The van der Waals surface area contributed by atoms with E-state index in [0.29, 0.717) is 71.8 Å². The molecule has 0 saturated carbocycles. The number of aromatic nitrogens is 3. The summed E-state index contributed by atoms with van der Waals surface area (Å²) >= 11 is -1.14. The number of ether oxygens (including phenoxy) is 3. The Bertz CT molecular complexity index is 2720. The van der Waals surface area contributed by atoms with Crippen LogP contribution >= 0.6 is 0 Å². The normalized spacial score (nSPS) is 15.7. The number of para-hydroxylation sites is 1. The van der Waals surface area contributed by atoms with Crippen LogP contribution in [0.1, 0.15) is 54.6 Å². The number of aryl methyl sites for hydroxylation is 3. The van der Waals surface area contributed by atoms with E-state index in [1.54, 1.807) is 9.21 Å². The van der Waals surface area contributed by atoms with Gasteiger partial charge in [0.1, 0.15) is 29.4 Å². The summed E-state index contributed by atoms with van der Waals surface area (Å²) in [4.78, 5) is 32.7. The number of anilines is 1. The van der Waals surface area contributed by atoms with Gasteiger partial charge < -0.3 is 33.7 Å². The number of carboxylic acids is 1. The average Bonchev–Trinajstić information content (AvgIpc) is 3.79. The SMILES string of the molecule is Cc1nn(C)c(COc2ccc(N3CCN(S(=O)N(C)C)CC3)cc2)c1-c1cccc2c(CCCOc3cccc4ccccc34)c(C(=O)O)n(CCN3CCN(C(=O)OC(C)(C)C)CC3)c12. The van der Waals surface area contributed by atoms with E-state index in [9.17, 15) is 18.9 Å². The van der Waals surface area contributed by atoms with Gasteiger partial charge in [0.25, 0.3) is 0 Å². The molecule has 4 aromatic carbocycles. The first-order chi connectivity index (χ1) is 32.2. The molecule has 2 aromatic heterocycles. The third kappa shape index (κ3) is 10.8. The third-order valence-electron chi connectivity index (χ3n) is 12.6. The van der Waals surface area contributed by atoms with Gasteiger partial charge in [-0.25, -0.2) is 22.4 Å². The van der Waals surface area contributed by atoms with Crippen molar-refractivity contribution in [3.8, 4) is 22.6 Å². The number of carbonyl (C=O) groups excluding carboxylic acids is 1. The summed E-state index contributed by atoms with van der Waals surface area (Å²) in [6.45, 7) is 14.6. The van der Waals surface area contributed by atoms with Crippen LogP contribution in [0.15, 0.2) is 84.9 Å². The van der Waals surface area contributed by atoms with Gasteiger partial charge in [0, 0.05) is 114 Å². The molecule has 0 aliphatic carbocycles. The standard InChI is InChI=1S/C51H64N8O7S/c1-36-46(44(54(7)52-36)35-65-39-22-20-38(21-23-39)56-29-31-58(32-30-56)67(63)53(5)6)43-17-11-16-41-42(18-12-34-64-45-19-10-14-37-13-8-9-15-40(37)45)48(49(60)61)59(47(41)43)33-26-55-24-27-57(28-25-55)50(62)66-51(2,3)4/h8-11,13-17,19-23H,12,18,24-35H2,1-7H3,(H,60,61). The summed E-state index contributed by atoms with van der Waals surface area (Å²) in [5.74, 6) is 0.539. The molecule has 1 unspecified atom stereocenters. The number of aromatic carboxylic acids is 1. The van der Waals surface area contributed by atoms with Crippen LogP contribution in [0.5, 0.6) is 11.5 Å². The van der Waals surface area contributed by atoms with Gasteiger partial charge in [-0.1, -0.05) is 54.6 Å². The molecule has 2 aliphatic heterocycles. The highest BCUT2D eigenvalue weighted by atomic mass is 32.2. The van der Waals surface area contributed by atoms with Crippen LogP contribution in [0, 0.1) is 6.92 Å². The number of carboxylic acid groups (broad SMARTS) is 1. The van der Waals surface area contributed by atoms with E-state index >= 15 is 0 Å². The van der Waals surface area contributed by atoms with Gasteiger partial charge in [-0.05, 0) is 81.8 Å². The zero-order chi connectivity index (χ0) is 47.4. The second-order valence-electron chi connectivity index (χ2n) is 18.5. The molecule has 2 aliphatic rings. The minimum atomic E-state index is -1.14. The number of fused-ring (bicyclic) bond motifs is 2. The van der Waals surface area contributed by atoms with Gasteiger partial charge in [0.15, 0.2) is 11.2 Å². The van der Waals surface area contributed by atoms with Crippen LogP contribution in [-0.2, 0) is 42.5 Å². The van der Waals surface area contributed by atoms with Crippen LogP contribution < -0.4 is 14.4 Å². The molecular formula is C51H64N8O7S. The predicted octanol–water partition coefficient (Wildman–Crippen LogP) is 7.61. The van der Waals surface area contributed by atoms with Gasteiger partial charge in [-0.2, -0.15) is 5.10 Å². The summed E-state index contributed by atoms with van der Waals surface area (Å²) in [6, 6.07) is 28.4. The van der Waals surface area contributed by atoms with Crippen LogP contribution in [0.25, 0.3) is 32.8 Å². The molecule has 0 radical (unpaired) electrons. The van der Waals surface area contributed by atoms with Crippen LogP contribution in [0.4, 0.5) is 10.5 Å². The molecule has 2 fully saturated rings. The van der Waals surface area contributed by atoms with E-state index in [0.717, 1.165) is 80.0 Å². The topological polar surface area (TPSA) is 138 Å². The lowest BCUT2D eigenvalue weighted by Crippen LogP contribution is -2.50. The van der Waals surface area contributed by atoms with E-state index in [2.05, 4.69) is 46.2 Å². The highest BCUT2D eigenvalue weighted by Gasteiger charge is 2.30. The van der Waals surface area contributed by atoms with Gasteiger partial charge in [-0.15, -0.1) is 0 Å². The molecule has 4 heterocycles. The summed E-state index contributed by atoms with van der Waals surface area (Å²) in [5, 5.41) is 19.0. The Morgan fingerprint density at radius 1 is 0.821 bits per heavy atom. The first-order valence-corrected chi connectivity index (χ1v) is 24.3. The minimum Gasteiger partial charge on any atom is -0.493 e. The Labute approximate surface area is 396 Å². The monoisotopic (exact) mass is 932 g/mol. The van der Waals surface area contributed by atoms with Gasteiger partial charge in [0.05, 0.1) is 23.5 Å². The number of hydrogen-bond acceptors (Lipinski definition) is 9. The lowest BCUT2D eigenvalue weighted by molar-refractivity contribution is 0.0142. The summed E-state index contributed by atoms with van der Waals surface area (Å²) < 4.78 is 38.6. The van der Waals surface area contributed by atoms with Crippen LogP contribution in [0.2, 0.25) is 0 Å². The van der Waals surface area contributed by atoms with Crippen molar-refractivity contribution in [2.75, 3.05) is 84.5 Å². The lowest BCUT2D eigenvalue weighted by Gasteiger charge is -2.36. The molecule has 67 heavy (non-hydrogen) atoms. The maximum atomic E-state index is 13.6. The lowest BCUT2D eigenvalue weighted by atomic mass is 9.98. The van der Waals surface area contributed by atoms with Crippen LogP contribution in [-0.4, -0.2) is 139 Å².